The fourth-order valence-corrected chi connectivity index (χ4v) is 3.61. The van der Waals surface area contributed by atoms with Crippen molar-refractivity contribution in [1.82, 2.24) is 14.8 Å². The number of amides is 2. The van der Waals surface area contributed by atoms with Crippen LogP contribution in [-0.4, -0.2) is 53.2 Å². The Bertz CT molecular complexity index is 1100. The van der Waals surface area contributed by atoms with E-state index >= 15 is 0 Å². The molecule has 0 saturated heterocycles. The number of aryl methyl sites for hydroxylation is 1. The van der Waals surface area contributed by atoms with Gasteiger partial charge in [-0.3, -0.25) is 14.2 Å². The van der Waals surface area contributed by atoms with E-state index in [4.69, 9.17) is 19.9 Å². The van der Waals surface area contributed by atoms with Crippen LogP contribution in [0.25, 0.3) is 5.69 Å². The molecule has 0 fully saturated rings. The number of hydrogen-bond donors (Lipinski definition) is 2. The molecule has 0 bridgehead atoms. The molecule has 1 aromatic heterocycles. The van der Waals surface area contributed by atoms with Crippen LogP contribution in [0.5, 0.6) is 17.2 Å². The highest BCUT2D eigenvalue weighted by Crippen LogP contribution is 2.30. The molecule has 11 heteroatoms. The number of nitrogens with zero attached hydrogens (tertiary/aromatic N) is 3. The molecular formula is C21H23N5O5S. The Hall–Kier alpha value is -3.73. The number of nitrogens with two attached hydrogens (primary N) is 1. The molecule has 3 N–H and O–H groups in total. The lowest BCUT2D eigenvalue weighted by atomic mass is 10.2. The summed E-state index contributed by atoms with van der Waals surface area (Å²) in [6.45, 7) is 1.54. The second-order valence-corrected chi connectivity index (χ2v) is 7.46. The average Bonchev–Trinajstić information content (AvgIpc) is 3.16. The SMILES string of the molecule is COc1ccc(-n2c(C)nnc2SCC(=O)Nc2ccc(OC)c(OCC(N)=O)c2)cc1. The van der Waals surface area contributed by atoms with E-state index in [0.29, 0.717) is 28.2 Å². The standard InChI is InChI=1S/C21H23N5O5S/c1-13-24-25-21(26(13)15-5-7-16(29-2)8-6-15)32-12-20(28)23-14-4-9-17(30-3)18(10-14)31-11-19(22)27/h4-10H,11-12H2,1-3H3,(H2,22,27)(H,23,28). The van der Waals surface area contributed by atoms with Gasteiger partial charge >= 0.3 is 0 Å². The van der Waals surface area contributed by atoms with E-state index in [1.54, 1.807) is 25.3 Å². The summed E-state index contributed by atoms with van der Waals surface area (Å²) in [5.74, 6) is 1.40. The number of ether oxygens (including phenoxy) is 3. The summed E-state index contributed by atoms with van der Waals surface area (Å²) >= 11 is 1.25. The number of methoxy groups -OCH3 is 2. The number of benzene rings is 2. The van der Waals surface area contributed by atoms with Crippen molar-refractivity contribution in [2.45, 2.75) is 12.1 Å². The van der Waals surface area contributed by atoms with Gasteiger partial charge in [0.2, 0.25) is 5.91 Å². The third-order valence-electron chi connectivity index (χ3n) is 4.28. The summed E-state index contributed by atoms with van der Waals surface area (Å²) in [6, 6.07) is 12.3. The van der Waals surface area contributed by atoms with Gasteiger partial charge in [-0.25, -0.2) is 0 Å². The molecule has 0 saturated carbocycles. The molecule has 0 aliphatic rings. The molecule has 0 aliphatic carbocycles. The lowest BCUT2D eigenvalue weighted by molar-refractivity contribution is -0.120. The molecule has 0 aliphatic heterocycles. The van der Waals surface area contributed by atoms with Gasteiger partial charge in [-0.15, -0.1) is 10.2 Å². The Morgan fingerprint density at radius 1 is 1.06 bits per heavy atom. The van der Waals surface area contributed by atoms with Gasteiger partial charge in [0, 0.05) is 17.4 Å². The highest BCUT2D eigenvalue weighted by molar-refractivity contribution is 7.99. The van der Waals surface area contributed by atoms with E-state index in [9.17, 15) is 9.59 Å². The van der Waals surface area contributed by atoms with E-state index in [1.807, 2.05) is 35.8 Å². The molecular weight excluding hydrogens is 434 g/mol. The molecule has 0 spiro atoms. The molecule has 1 heterocycles. The van der Waals surface area contributed by atoms with Crippen LogP contribution < -0.4 is 25.3 Å². The smallest absolute Gasteiger partial charge is 0.255 e. The van der Waals surface area contributed by atoms with Crippen LogP contribution >= 0.6 is 11.8 Å². The average molecular weight is 458 g/mol. The van der Waals surface area contributed by atoms with Crippen molar-refractivity contribution in [2.75, 3.05) is 31.9 Å². The second kappa shape index (κ2) is 10.5. The highest BCUT2D eigenvalue weighted by atomic mass is 32.2. The third kappa shape index (κ3) is 5.70. The third-order valence-corrected chi connectivity index (χ3v) is 5.20. The molecule has 10 nitrogen and oxygen atoms in total. The normalized spacial score (nSPS) is 10.5. The van der Waals surface area contributed by atoms with Crippen LogP contribution in [0.2, 0.25) is 0 Å². The molecule has 0 unspecified atom stereocenters. The van der Waals surface area contributed by atoms with Crippen molar-refractivity contribution < 1.29 is 23.8 Å². The monoisotopic (exact) mass is 457 g/mol. The van der Waals surface area contributed by atoms with Crippen molar-refractivity contribution in [1.29, 1.82) is 0 Å². The van der Waals surface area contributed by atoms with Gasteiger partial charge in [0.25, 0.3) is 5.91 Å². The Labute approximate surface area is 189 Å². The largest absolute Gasteiger partial charge is 0.497 e. The van der Waals surface area contributed by atoms with E-state index in [1.165, 1.54) is 18.9 Å². The molecule has 3 aromatic rings. The topological polar surface area (TPSA) is 131 Å². The van der Waals surface area contributed by atoms with Crippen LogP contribution in [0.1, 0.15) is 5.82 Å². The minimum absolute atomic E-state index is 0.109. The van der Waals surface area contributed by atoms with E-state index < -0.39 is 5.91 Å². The Morgan fingerprint density at radius 2 is 1.81 bits per heavy atom. The minimum Gasteiger partial charge on any atom is -0.497 e. The fraction of sp³-hybridized carbons (Fsp3) is 0.238. The lowest BCUT2D eigenvalue weighted by Gasteiger charge is -2.12. The molecule has 0 atom stereocenters. The zero-order chi connectivity index (χ0) is 23.1. The van der Waals surface area contributed by atoms with Crippen LogP contribution in [0, 0.1) is 6.92 Å². The maximum atomic E-state index is 12.5. The van der Waals surface area contributed by atoms with E-state index in [-0.39, 0.29) is 18.3 Å². The van der Waals surface area contributed by atoms with E-state index in [0.717, 1.165) is 11.4 Å². The fourth-order valence-electron chi connectivity index (χ4n) is 2.81. The van der Waals surface area contributed by atoms with Gasteiger partial charge in [0.05, 0.1) is 20.0 Å². The molecule has 2 amide bonds. The zero-order valence-corrected chi connectivity index (χ0v) is 18.6. The number of carbonyl (C=O) groups excluding carboxylic acids is 2. The highest BCUT2D eigenvalue weighted by Gasteiger charge is 2.15. The number of hydrogen-bond acceptors (Lipinski definition) is 8. The number of nitrogens with one attached hydrogen (secondary N) is 1. The molecule has 168 valence electrons. The van der Waals surface area contributed by atoms with Gasteiger partial charge in [0.1, 0.15) is 11.6 Å². The van der Waals surface area contributed by atoms with Gasteiger partial charge in [-0.05, 0) is 43.3 Å². The van der Waals surface area contributed by atoms with Gasteiger partial charge in [-0.1, -0.05) is 11.8 Å². The molecule has 2 aromatic carbocycles. The first-order valence-corrected chi connectivity index (χ1v) is 10.5. The van der Waals surface area contributed by atoms with Crippen molar-refractivity contribution >= 4 is 29.3 Å². The van der Waals surface area contributed by atoms with Crippen LogP contribution in [-0.2, 0) is 9.59 Å². The first-order chi connectivity index (χ1) is 15.4. The number of carbonyl (C=O) groups is 2. The Balaban J connectivity index is 1.67. The minimum atomic E-state index is -0.617. The van der Waals surface area contributed by atoms with Crippen molar-refractivity contribution in [3.8, 4) is 22.9 Å². The summed E-state index contributed by atoms with van der Waals surface area (Å²) in [6.07, 6.45) is 0. The molecule has 3 rings (SSSR count). The summed E-state index contributed by atoms with van der Waals surface area (Å²) in [7, 11) is 3.08. The van der Waals surface area contributed by atoms with Crippen molar-refractivity contribution in [3.63, 3.8) is 0 Å². The van der Waals surface area contributed by atoms with Gasteiger partial charge in [0.15, 0.2) is 23.3 Å². The maximum absolute atomic E-state index is 12.5. The van der Waals surface area contributed by atoms with Gasteiger partial charge < -0.3 is 25.3 Å². The zero-order valence-electron chi connectivity index (χ0n) is 17.8. The van der Waals surface area contributed by atoms with Crippen LogP contribution in [0.4, 0.5) is 5.69 Å². The van der Waals surface area contributed by atoms with Crippen molar-refractivity contribution in [2.24, 2.45) is 5.73 Å². The number of primary amides is 1. The number of rotatable bonds is 10. The molecule has 32 heavy (non-hydrogen) atoms. The van der Waals surface area contributed by atoms with Gasteiger partial charge in [-0.2, -0.15) is 0 Å². The Kier molecular flexibility index (Phi) is 7.55. The first kappa shape index (κ1) is 22.9. The summed E-state index contributed by atoms with van der Waals surface area (Å²) in [4.78, 5) is 23.5. The van der Waals surface area contributed by atoms with Crippen molar-refractivity contribution in [3.05, 3.63) is 48.3 Å². The quantitative estimate of drug-likeness (QED) is 0.443. The number of aromatic nitrogens is 3. The maximum Gasteiger partial charge on any atom is 0.255 e. The summed E-state index contributed by atoms with van der Waals surface area (Å²) < 4.78 is 17.6. The van der Waals surface area contributed by atoms with E-state index in [2.05, 4.69) is 15.5 Å². The summed E-state index contributed by atoms with van der Waals surface area (Å²) in [5.41, 5.74) is 6.47. The second-order valence-electron chi connectivity index (χ2n) is 6.52. The predicted molar refractivity (Wildman–Crippen MR) is 120 cm³/mol. The number of anilines is 1. The molecule has 0 radical (unpaired) electrons. The van der Waals surface area contributed by atoms with Crippen LogP contribution in [0.3, 0.4) is 0 Å². The van der Waals surface area contributed by atoms with Crippen LogP contribution in [0.15, 0.2) is 47.6 Å². The number of thioether (sulfide) groups is 1. The Morgan fingerprint density at radius 3 is 2.47 bits per heavy atom. The summed E-state index contributed by atoms with van der Waals surface area (Å²) in [5, 5.41) is 11.7. The predicted octanol–water partition coefficient (Wildman–Crippen LogP) is 2.19. The first-order valence-electron chi connectivity index (χ1n) is 9.49. The lowest BCUT2D eigenvalue weighted by Crippen LogP contribution is -2.20.